The largest absolute Gasteiger partial charge is 0.462 e. The van der Waals surface area contributed by atoms with E-state index in [0.717, 1.165) is 96.3 Å². The lowest BCUT2D eigenvalue weighted by molar-refractivity contribution is -0.167. The summed E-state index contributed by atoms with van der Waals surface area (Å²) in [5, 5.41) is 0. The number of hydrogen-bond donors (Lipinski definition) is 0. The summed E-state index contributed by atoms with van der Waals surface area (Å²) in [5.41, 5.74) is 0. The molecule has 0 heterocycles. The normalized spacial score (nSPS) is 12.3. The van der Waals surface area contributed by atoms with Crippen molar-refractivity contribution in [2.45, 2.75) is 232 Å². The summed E-state index contributed by atoms with van der Waals surface area (Å²) in [6, 6.07) is 0. The first-order valence-electron chi connectivity index (χ1n) is 22.5. The first-order chi connectivity index (χ1) is 26.0. The lowest BCUT2D eigenvalue weighted by Gasteiger charge is -2.18. The number of carbonyl (C=O) groups excluding carboxylic acids is 3. The molecule has 0 N–H and O–H groups in total. The van der Waals surface area contributed by atoms with E-state index in [9.17, 15) is 14.4 Å². The third kappa shape index (κ3) is 40.6. The molecule has 53 heavy (non-hydrogen) atoms. The summed E-state index contributed by atoms with van der Waals surface area (Å²) < 4.78 is 16.6. The molecule has 0 rings (SSSR count). The van der Waals surface area contributed by atoms with Crippen LogP contribution in [-0.2, 0) is 28.6 Å². The molecule has 1 atom stereocenters. The molecule has 6 nitrogen and oxygen atoms in total. The molecule has 0 aliphatic carbocycles. The molecule has 0 aliphatic rings. The maximum absolute atomic E-state index is 12.6. The Morgan fingerprint density at radius 2 is 0.717 bits per heavy atom. The van der Waals surface area contributed by atoms with Crippen molar-refractivity contribution >= 4 is 17.9 Å². The fourth-order valence-electron chi connectivity index (χ4n) is 6.18. The van der Waals surface area contributed by atoms with Gasteiger partial charge in [-0.25, -0.2) is 0 Å². The van der Waals surface area contributed by atoms with Crippen LogP contribution < -0.4 is 0 Å². The molecule has 308 valence electrons. The predicted molar refractivity (Wildman–Crippen MR) is 224 cm³/mol. The van der Waals surface area contributed by atoms with Crippen LogP contribution in [0.4, 0.5) is 0 Å². The minimum absolute atomic E-state index is 0.0797. The van der Waals surface area contributed by atoms with E-state index in [4.69, 9.17) is 14.2 Å². The molecule has 0 bridgehead atoms. The van der Waals surface area contributed by atoms with Crippen LogP contribution in [0.15, 0.2) is 36.5 Å². The Labute approximate surface area is 327 Å². The zero-order valence-electron chi connectivity index (χ0n) is 35.0. The number of allylic oxidation sites excluding steroid dienone is 6. The van der Waals surface area contributed by atoms with Crippen molar-refractivity contribution in [3.8, 4) is 0 Å². The van der Waals surface area contributed by atoms with Gasteiger partial charge < -0.3 is 14.2 Å². The summed E-state index contributed by atoms with van der Waals surface area (Å²) in [6.45, 7) is 6.46. The van der Waals surface area contributed by atoms with Crippen LogP contribution in [0, 0.1) is 0 Å². The maximum Gasteiger partial charge on any atom is 0.306 e. The molecule has 0 amide bonds. The lowest BCUT2D eigenvalue weighted by atomic mass is 10.1. The van der Waals surface area contributed by atoms with E-state index in [1.165, 1.54) is 89.9 Å². The monoisotopic (exact) mass is 745 g/mol. The molecule has 0 saturated heterocycles. The Bertz CT molecular complexity index is 907. The fraction of sp³-hybridized carbons (Fsp3) is 0.809. The highest BCUT2D eigenvalue weighted by molar-refractivity contribution is 5.71. The first kappa shape index (κ1) is 50.6. The van der Waals surface area contributed by atoms with Crippen molar-refractivity contribution in [1.29, 1.82) is 0 Å². The molecular formula is C47H84O6. The highest BCUT2D eigenvalue weighted by atomic mass is 16.6. The predicted octanol–water partition coefficient (Wildman–Crippen LogP) is 14.2. The minimum atomic E-state index is -0.774. The van der Waals surface area contributed by atoms with Crippen molar-refractivity contribution in [2.75, 3.05) is 13.2 Å². The van der Waals surface area contributed by atoms with Gasteiger partial charge in [-0.2, -0.15) is 0 Å². The summed E-state index contributed by atoms with van der Waals surface area (Å²) in [6.07, 6.45) is 47.3. The number of unbranched alkanes of at least 4 members (excludes halogenated alkanes) is 23. The topological polar surface area (TPSA) is 78.9 Å². The van der Waals surface area contributed by atoms with Crippen LogP contribution in [0.3, 0.4) is 0 Å². The molecule has 6 heteroatoms. The van der Waals surface area contributed by atoms with Crippen LogP contribution in [0.1, 0.15) is 226 Å². The molecule has 0 aromatic carbocycles. The minimum Gasteiger partial charge on any atom is -0.462 e. The second-order valence-electron chi connectivity index (χ2n) is 15.0. The first-order valence-corrected chi connectivity index (χ1v) is 22.5. The summed E-state index contributed by atoms with van der Waals surface area (Å²) >= 11 is 0. The number of esters is 3. The van der Waals surface area contributed by atoms with Crippen LogP contribution in [0.5, 0.6) is 0 Å². The highest BCUT2D eigenvalue weighted by Gasteiger charge is 2.19. The van der Waals surface area contributed by atoms with E-state index in [1.54, 1.807) is 0 Å². The molecule has 0 aliphatic heterocycles. The summed E-state index contributed by atoms with van der Waals surface area (Å²) in [4.78, 5) is 37.4. The highest BCUT2D eigenvalue weighted by Crippen LogP contribution is 2.13. The van der Waals surface area contributed by atoms with Crippen molar-refractivity contribution in [3.05, 3.63) is 36.5 Å². The Morgan fingerprint density at radius 3 is 1.13 bits per heavy atom. The van der Waals surface area contributed by atoms with E-state index in [2.05, 4.69) is 57.2 Å². The van der Waals surface area contributed by atoms with Gasteiger partial charge in [0.25, 0.3) is 0 Å². The average Bonchev–Trinajstić information content (AvgIpc) is 3.15. The summed E-state index contributed by atoms with van der Waals surface area (Å²) in [7, 11) is 0. The molecule has 0 saturated carbocycles. The fourth-order valence-corrected chi connectivity index (χ4v) is 6.18. The zero-order valence-corrected chi connectivity index (χ0v) is 35.0. The van der Waals surface area contributed by atoms with Gasteiger partial charge in [0, 0.05) is 19.3 Å². The number of rotatable bonds is 40. The molecule has 0 aromatic rings. The number of carbonyl (C=O) groups is 3. The standard InChI is InChI=1S/C47H84O6/c1-4-7-10-13-15-17-19-21-22-23-24-26-27-29-31-34-37-40-46(49)52-43-44(42-51-45(48)39-36-33-12-9-6-3)53-47(50)41-38-35-32-30-28-25-20-18-16-14-11-8-5-2/h11,14,18,20-22,44H,4-10,12-13,15-17,19,23-43H2,1-3H3/b14-11-,20-18-,22-21-. The van der Waals surface area contributed by atoms with Crippen LogP contribution in [-0.4, -0.2) is 37.2 Å². The Kier molecular flexibility index (Phi) is 40.5. The van der Waals surface area contributed by atoms with E-state index in [1.807, 2.05) is 0 Å². The summed E-state index contributed by atoms with van der Waals surface area (Å²) in [5.74, 6) is -0.912. The zero-order chi connectivity index (χ0) is 38.7. The molecular weight excluding hydrogens is 661 g/mol. The van der Waals surface area contributed by atoms with Gasteiger partial charge in [-0.05, 0) is 70.6 Å². The van der Waals surface area contributed by atoms with E-state index in [0.29, 0.717) is 19.3 Å². The van der Waals surface area contributed by atoms with Crippen LogP contribution in [0.25, 0.3) is 0 Å². The van der Waals surface area contributed by atoms with Crippen LogP contribution in [0.2, 0.25) is 0 Å². The van der Waals surface area contributed by atoms with E-state index < -0.39 is 6.10 Å². The van der Waals surface area contributed by atoms with Gasteiger partial charge in [-0.15, -0.1) is 0 Å². The van der Waals surface area contributed by atoms with Gasteiger partial charge in [0.05, 0.1) is 0 Å². The van der Waals surface area contributed by atoms with Crippen molar-refractivity contribution in [3.63, 3.8) is 0 Å². The Morgan fingerprint density at radius 1 is 0.377 bits per heavy atom. The van der Waals surface area contributed by atoms with Crippen molar-refractivity contribution in [1.82, 2.24) is 0 Å². The molecule has 0 spiro atoms. The number of hydrogen-bond acceptors (Lipinski definition) is 6. The molecule has 1 unspecified atom stereocenters. The second kappa shape index (κ2) is 42.4. The quantitative estimate of drug-likeness (QED) is 0.0269. The van der Waals surface area contributed by atoms with Gasteiger partial charge in [-0.1, -0.05) is 173 Å². The van der Waals surface area contributed by atoms with E-state index >= 15 is 0 Å². The Hall–Kier alpha value is -2.37. The van der Waals surface area contributed by atoms with Gasteiger partial charge >= 0.3 is 17.9 Å². The van der Waals surface area contributed by atoms with Crippen LogP contribution >= 0.6 is 0 Å². The number of ether oxygens (including phenoxy) is 3. The third-order valence-corrected chi connectivity index (χ3v) is 9.60. The molecule has 0 fully saturated rings. The van der Waals surface area contributed by atoms with Gasteiger partial charge in [0.2, 0.25) is 0 Å². The lowest BCUT2D eigenvalue weighted by Crippen LogP contribution is -2.30. The van der Waals surface area contributed by atoms with Crippen molar-refractivity contribution < 1.29 is 28.6 Å². The van der Waals surface area contributed by atoms with E-state index in [-0.39, 0.29) is 31.1 Å². The van der Waals surface area contributed by atoms with Crippen molar-refractivity contribution in [2.24, 2.45) is 0 Å². The van der Waals surface area contributed by atoms with Gasteiger partial charge in [0.15, 0.2) is 6.10 Å². The third-order valence-electron chi connectivity index (χ3n) is 9.60. The van der Waals surface area contributed by atoms with Gasteiger partial charge in [0.1, 0.15) is 13.2 Å². The average molecular weight is 745 g/mol. The SMILES string of the molecule is CCC/C=C\C/C=C\CCCCCCCC(=O)OC(COC(=O)CCCCCCC)COC(=O)CCCCCCCCC/C=C\CCCCCCCC. The molecule has 0 aromatic heterocycles. The molecule has 0 radical (unpaired) electrons. The Balaban J connectivity index is 4.22. The second-order valence-corrected chi connectivity index (χ2v) is 15.0. The van der Waals surface area contributed by atoms with Gasteiger partial charge in [-0.3, -0.25) is 14.4 Å². The smallest absolute Gasteiger partial charge is 0.306 e. The maximum atomic E-state index is 12.6.